The quantitative estimate of drug-likeness (QED) is 0.759. The van der Waals surface area contributed by atoms with E-state index in [-0.39, 0.29) is 24.0 Å². The fourth-order valence-corrected chi connectivity index (χ4v) is 2.80. The van der Waals surface area contributed by atoms with Crippen LogP contribution in [0.1, 0.15) is 33.6 Å². The number of fused-ring (bicyclic) bond motifs is 2. The van der Waals surface area contributed by atoms with Crippen molar-refractivity contribution in [3.8, 4) is 0 Å². The largest absolute Gasteiger partial charge is 0.481 e. The number of ether oxygens (including phenoxy) is 1. The summed E-state index contributed by atoms with van der Waals surface area (Å²) in [5.41, 5.74) is -0.495. The Labute approximate surface area is 101 Å². The van der Waals surface area contributed by atoms with Crippen LogP contribution in [0, 0.1) is 11.8 Å². The Kier molecular flexibility index (Phi) is 2.79. The molecule has 0 aromatic rings. The van der Waals surface area contributed by atoms with Gasteiger partial charge in [0.1, 0.15) is 5.60 Å². The fourth-order valence-electron chi connectivity index (χ4n) is 2.80. The van der Waals surface area contributed by atoms with E-state index in [1.165, 1.54) is 0 Å². The van der Waals surface area contributed by atoms with Gasteiger partial charge in [0.25, 0.3) is 0 Å². The van der Waals surface area contributed by atoms with E-state index < -0.39 is 11.6 Å². The third-order valence-corrected chi connectivity index (χ3v) is 3.49. The van der Waals surface area contributed by atoms with E-state index in [0.29, 0.717) is 13.0 Å². The molecular formula is C12H19NO4. The summed E-state index contributed by atoms with van der Waals surface area (Å²) >= 11 is 0. The Balaban J connectivity index is 1.96. The molecule has 17 heavy (non-hydrogen) atoms. The number of rotatable bonds is 1. The molecule has 1 aliphatic carbocycles. The molecule has 0 aromatic carbocycles. The van der Waals surface area contributed by atoms with Crippen molar-refractivity contribution < 1.29 is 19.4 Å². The number of carbonyl (C=O) groups excluding carboxylic acids is 1. The van der Waals surface area contributed by atoms with E-state index >= 15 is 0 Å². The summed E-state index contributed by atoms with van der Waals surface area (Å²) in [5, 5.41) is 9.01. The lowest BCUT2D eigenvalue weighted by Crippen LogP contribution is -2.44. The van der Waals surface area contributed by atoms with Crippen LogP contribution >= 0.6 is 0 Å². The van der Waals surface area contributed by atoms with Gasteiger partial charge in [0, 0.05) is 12.6 Å². The van der Waals surface area contributed by atoms with Crippen LogP contribution in [0.15, 0.2) is 0 Å². The lowest BCUT2D eigenvalue weighted by molar-refractivity contribution is -0.143. The van der Waals surface area contributed by atoms with Crippen LogP contribution in [0.3, 0.4) is 0 Å². The number of carboxylic acid groups (broad SMARTS) is 1. The van der Waals surface area contributed by atoms with Crippen molar-refractivity contribution in [2.75, 3.05) is 6.54 Å². The van der Waals surface area contributed by atoms with E-state index in [4.69, 9.17) is 9.84 Å². The van der Waals surface area contributed by atoms with Gasteiger partial charge in [-0.1, -0.05) is 0 Å². The smallest absolute Gasteiger partial charge is 0.410 e. The van der Waals surface area contributed by atoms with Crippen molar-refractivity contribution in [3.05, 3.63) is 0 Å². The third-order valence-electron chi connectivity index (χ3n) is 3.49. The number of nitrogens with zero attached hydrogens (tertiary/aromatic N) is 1. The first-order valence-corrected chi connectivity index (χ1v) is 6.00. The maximum atomic E-state index is 11.9. The van der Waals surface area contributed by atoms with Gasteiger partial charge in [0.2, 0.25) is 0 Å². The molecular weight excluding hydrogens is 222 g/mol. The van der Waals surface area contributed by atoms with E-state index in [2.05, 4.69) is 0 Å². The van der Waals surface area contributed by atoms with Gasteiger partial charge in [-0.15, -0.1) is 0 Å². The summed E-state index contributed by atoms with van der Waals surface area (Å²) in [6.07, 6.45) is 1.06. The molecule has 3 atom stereocenters. The average molecular weight is 241 g/mol. The molecule has 5 nitrogen and oxygen atoms in total. The molecule has 1 saturated carbocycles. The molecule has 2 aliphatic rings. The number of amides is 1. The zero-order valence-corrected chi connectivity index (χ0v) is 10.5. The summed E-state index contributed by atoms with van der Waals surface area (Å²) < 4.78 is 5.31. The van der Waals surface area contributed by atoms with Crippen molar-refractivity contribution >= 4 is 12.1 Å². The summed E-state index contributed by atoms with van der Waals surface area (Å²) in [6.45, 7) is 6.02. The molecule has 0 spiro atoms. The van der Waals surface area contributed by atoms with Gasteiger partial charge >= 0.3 is 12.1 Å². The summed E-state index contributed by atoms with van der Waals surface area (Å²) in [7, 11) is 0. The molecule has 2 bridgehead atoms. The van der Waals surface area contributed by atoms with Crippen molar-refractivity contribution in [1.29, 1.82) is 0 Å². The molecule has 0 radical (unpaired) electrons. The van der Waals surface area contributed by atoms with Crippen LogP contribution in [0.25, 0.3) is 0 Å². The normalized spacial score (nSPS) is 31.7. The number of carboxylic acids is 1. The number of likely N-dealkylation sites (tertiary alicyclic amines) is 1. The minimum absolute atomic E-state index is 0.0518. The van der Waals surface area contributed by atoms with Gasteiger partial charge in [-0.05, 0) is 39.5 Å². The third kappa shape index (κ3) is 2.37. The van der Waals surface area contributed by atoms with Gasteiger partial charge < -0.3 is 14.7 Å². The Morgan fingerprint density at radius 2 is 1.94 bits per heavy atom. The lowest BCUT2D eigenvalue weighted by atomic mass is 9.95. The van der Waals surface area contributed by atoms with E-state index in [0.717, 1.165) is 6.42 Å². The van der Waals surface area contributed by atoms with Gasteiger partial charge in [-0.3, -0.25) is 4.79 Å². The Morgan fingerprint density at radius 1 is 1.29 bits per heavy atom. The van der Waals surface area contributed by atoms with Gasteiger partial charge in [-0.25, -0.2) is 4.79 Å². The van der Waals surface area contributed by atoms with E-state index in [9.17, 15) is 9.59 Å². The van der Waals surface area contributed by atoms with Crippen molar-refractivity contribution in [1.82, 2.24) is 4.90 Å². The topological polar surface area (TPSA) is 66.8 Å². The SMILES string of the molecule is CC(C)(C)OC(=O)N1C[C@@H]2C[C@H]1C[C@@H]2C(=O)O. The van der Waals surface area contributed by atoms with Crippen LogP contribution in [0.2, 0.25) is 0 Å². The first-order chi connectivity index (χ1) is 7.78. The zero-order valence-electron chi connectivity index (χ0n) is 10.5. The second-order valence-electron chi connectivity index (χ2n) is 5.96. The molecule has 96 valence electrons. The summed E-state index contributed by atoms with van der Waals surface area (Å²) in [4.78, 5) is 24.5. The minimum atomic E-state index is -0.735. The van der Waals surface area contributed by atoms with Gasteiger partial charge in [-0.2, -0.15) is 0 Å². The van der Waals surface area contributed by atoms with Crippen molar-refractivity contribution in [2.24, 2.45) is 11.8 Å². The molecule has 2 rings (SSSR count). The van der Waals surface area contributed by atoms with Gasteiger partial charge in [0.15, 0.2) is 0 Å². The molecule has 2 fully saturated rings. The molecule has 1 N–H and O–H groups in total. The Bertz CT molecular complexity index is 347. The second-order valence-corrected chi connectivity index (χ2v) is 5.96. The maximum Gasteiger partial charge on any atom is 0.410 e. The Morgan fingerprint density at radius 3 is 2.35 bits per heavy atom. The molecule has 5 heteroatoms. The van der Waals surface area contributed by atoms with Crippen LogP contribution in [0.5, 0.6) is 0 Å². The predicted octanol–water partition coefficient (Wildman–Crippen LogP) is 1.72. The first-order valence-electron chi connectivity index (χ1n) is 6.00. The van der Waals surface area contributed by atoms with E-state index in [1.807, 2.05) is 20.8 Å². The van der Waals surface area contributed by atoms with E-state index in [1.54, 1.807) is 4.90 Å². The number of hydrogen-bond donors (Lipinski definition) is 1. The summed E-state index contributed by atoms with van der Waals surface area (Å²) in [6, 6.07) is 0.0518. The second kappa shape index (κ2) is 3.89. The molecule has 0 aromatic heterocycles. The van der Waals surface area contributed by atoms with Crippen LogP contribution in [-0.4, -0.2) is 40.3 Å². The number of carbonyl (C=O) groups is 2. The maximum absolute atomic E-state index is 11.9. The highest BCUT2D eigenvalue weighted by molar-refractivity contribution is 5.73. The molecule has 1 heterocycles. The van der Waals surface area contributed by atoms with Crippen molar-refractivity contribution in [2.45, 2.75) is 45.3 Å². The number of piperidine rings is 1. The van der Waals surface area contributed by atoms with Gasteiger partial charge in [0.05, 0.1) is 5.92 Å². The number of hydrogen-bond acceptors (Lipinski definition) is 3. The molecule has 1 aliphatic heterocycles. The van der Waals surface area contributed by atoms with Crippen LogP contribution in [0.4, 0.5) is 4.79 Å². The Hall–Kier alpha value is -1.26. The summed E-state index contributed by atoms with van der Waals surface area (Å²) in [5.74, 6) is -0.912. The van der Waals surface area contributed by atoms with Crippen LogP contribution < -0.4 is 0 Å². The van der Waals surface area contributed by atoms with Crippen molar-refractivity contribution in [3.63, 3.8) is 0 Å². The molecule has 1 saturated heterocycles. The highest BCUT2D eigenvalue weighted by Crippen LogP contribution is 2.42. The monoisotopic (exact) mass is 241 g/mol. The number of aliphatic carboxylic acids is 1. The predicted molar refractivity (Wildman–Crippen MR) is 60.6 cm³/mol. The first kappa shape index (κ1) is 12.2. The highest BCUT2D eigenvalue weighted by atomic mass is 16.6. The zero-order chi connectivity index (χ0) is 12.8. The van der Waals surface area contributed by atoms with Crippen LogP contribution in [-0.2, 0) is 9.53 Å². The fraction of sp³-hybridized carbons (Fsp3) is 0.833. The average Bonchev–Trinajstić information content (AvgIpc) is 2.72. The highest BCUT2D eigenvalue weighted by Gasteiger charge is 2.50. The standard InChI is InChI=1S/C12H19NO4/c1-12(2,3)17-11(16)13-6-7-4-8(13)5-9(7)10(14)15/h7-9H,4-6H2,1-3H3,(H,14,15)/t7-,8-,9-/m0/s1. The minimum Gasteiger partial charge on any atom is -0.481 e. The lowest BCUT2D eigenvalue weighted by Gasteiger charge is -2.31. The molecule has 0 unspecified atom stereocenters. The molecule has 1 amide bonds.